The van der Waals surface area contributed by atoms with Gasteiger partial charge in [-0.3, -0.25) is 19.4 Å². The quantitative estimate of drug-likeness (QED) is 0.0988. The van der Waals surface area contributed by atoms with Crippen molar-refractivity contribution in [2.75, 3.05) is 80.5 Å². The van der Waals surface area contributed by atoms with Gasteiger partial charge in [0.05, 0.1) is 8.95 Å². The monoisotopic (exact) mass is 976 g/mol. The molecule has 338 valence electrons. The molecule has 0 aliphatic carbocycles. The molecule has 2 saturated heterocycles. The summed E-state index contributed by atoms with van der Waals surface area (Å²) >= 11 is 7.54. The molecule has 62 heavy (non-hydrogen) atoms. The minimum atomic E-state index is 0.521. The SMILES string of the molecule is CN(C)CCN(C)C=O.CN(C=O)CCN.Cc1c(COc2ccc(CN3CCCCC3)cc2Br)cccc1-c1cccc(COc2ccc(CN3CCCCC3)cc2Br)c1C. The molecule has 6 rings (SSSR count). The van der Waals surface area contributed by atoms with Gasteiger partial charge in [-0.15, -0.1) is 0 Å². The number of likely N-dealkylation sites (N-methyl/N-ethyl adjacent to an activating group) is 3. The smallest absolute Gasteiger partial charge is 0.209 e. The van der Waals surface area contributed by atoms with E-state index in [2.05, 4.69) is 128 Å². The summed E-state index contributed by atoms with van der Waals surface area (Å²) in [5.74, 6) is 1.77. The van der Waals surface area contributed by atoms with E-state index in [1.807, 2.05) is 19.0 Å². The van der Waals surface area contributed by atoms with Crippen molar-refractivity contribution < 1.29 is 19.1 Å². The van der Waals surface area contributed by atoms with Crippen molar-refractivity contribution in [2.45, 2.75) is 78.7 Å². The Morgan fingerprint density at radius 3 is 1.37 bits per heavy atom. The molecule has 0 spiro atoms. The van der Waals surface area contributed by atoms with Crippen LogP contribution in [0.15, 0.2) is 81.7 Å². The normalized spacial score (nSPS) is 14.2. The average Bonchev–Trinajstić information content (AvgIpc) is 3.27. The second-order valence-corrected chi connectivity index (χ2v) is 18.4. The van der Waals surface area contributed by atoms with E-state index >= 15 is 0 Å². The van der Waals surface area contributed by atoms with Crippen LogP contribution < -0.4 is 15.2 Å². The van der Waals surface area contributed by atoms with Crippen LogP contribution in [0.1, 0.15) is 71.9 Å². The number of nitrogens with two attached hydrogens (primary N) is 1. The first-order valence-corrected chi connectivity index (χ1v) is 23.6. The lowest BCUT2D eigenvalue weighted by atomic mass is 9.92. The van der Waals surface area contributed by atoms with E-state index in [1.165, 1.54) is 114 Å². The summed E-state index contributed by atoms with van der Waals surface area (Å²) in [4.78, 5) is 30.1. The van der Waals surface area contributed by atoms with Gasteiger partial charge in [0, 0.05) is 53.4 Å². The average molecular weight is 979 g/mol. The molecule has 2 fully saturated rings. The largest absolute Gasteiger partial charge is 0.488 e. The molecule has 10 nitrogen and oxygen atoms in total. The second-order valence-electron chi connectivity index (χ2n) is 16.7. The van der Waals surface area contributed by atoms with Gasteiger partial charge in [-0.1, -0.05) is 61.4 Å². The van der Waals surface area contributed by atoms with E-state index in [0.717, 1.165) is 59.4 Å². The standard InChI is InChI=1S/C40H46Br2N2O2.C6H14N2O.C4H10N2O/c1-29-33(27-45-39-17-15-31(23-37(39)41)25-43-19-5-3-6-20-43)11-9-13-35(29)36-14-10-12-34(30(36)2)28-46-40-18-16-32(24-38(40)42)26-44-21-7-4-8-22-44;1-7(2)4-5-8(3)6-9;1-6(4-7)3-2-5/h9-18,23-24H,3-8,19-22,25-28H2,1-2H3;6H,4-5H2,1-3H3;4H,2-3,5H2,1H3. The zero-order valence-corrected chi connectivity index (χ0v) is 41.2. The Labute approximate surface area is 389 Å². The van der Waals surface area contributed by atoms with Gasteiger partial charge in [-0.2, -0.15) is 0 Å². The van der Waals surface area contributed by atoms with E-state index in [-0.39, 0.29) is 0 Å². The number of rotatable bonds is 18. The first kappa shape index (κ1) is 50.9. The number of halogens is 2. The summed E-state index contributed by atoms with van der Waals surface area (Å²) in [6, 6.07) is 26.1. The fourth-order valence-corrected chi connectivity index (χ4v) is 8.59. The Balaban J connectivity index is 0.000000448. The molecular formula is C50H70Br2N6O4. The van der Waals surface area contributed by atoms with Crippen molar-refractivity contribution in [3.63, 3.8) is 0 Å². The van der Waals surface area contributed by atoms with Crippen molar-refractivity contribution in [1.82, 2.24) is 24.5 Å². The summed E-state index contributed by atoms with van der Waals surface area (Å²) in [5.41, 5.74) is 15.1. The Hall–Kier alpha value is -3.78. The van der Waals surface area contributed by atoms with Crippen LogP contribution in [0.2, 0.25) is 0 Å². The second kappa shape index (κ2) is 27.4. The lowest BCUT2D eigenvalue weighted by molar-refractivity contribution is -0.117. The molecule has 2 aliphatic rings. The highest BCUT2D eigenvalue weighted by Crippen LogP contribution is 2.34. The Kier molecular flexibility index (Phi) is 22.5. The van der Waals surface area contributed by atoms with Crippen LogP contribution in [-0.4, -0.2) is 118 Å². The molecular weight excluding hydrogens is 908 g/mol. The van der Waals surface area contributed by atoms with E-state index in [4.69, 9.17) is 15.2 Å². The van der Waals surface area contributed by atoms with Crippen molar-refractivity contribution in [1.29, 1.82) is 0 Å². The number of nitrogens with zero attached hydrogens (tertiary/aromatic N) is 5. The summed E-state index contributed by atoms with van der Waals surface area (Å²) < 4.78 is 14.7. The summed E-state index contributed by atoms with van der Waals surface area (Å²) in [6.45, 7) is 15.2. The third kappa shape index (κ3) is 17.1. The molecule has 0 bridgehead atoms. The number of likely N-dealkylation sites (tertiary alicyclic amines) is 2. The molecule has 0 atom stereocenters. The third-order valence-electron chi connectivity index (χ3n) is 11.4. The van der Waals surface area contributed by atoms with Crippen LogP contribution in [-0.2, 0) is 35.9 Å². The van der Waals surface area contributed by atoms with Crippen LogP contribution in [0.25, 0.3) is 11.1 Å². The highest BCUT2D eigenvalue weighted by molar-refractivity contribution is 9.11. The number of benzene rings is 4. The maximum Gasteiger partial charge on any atom is 0.209 e. The number of carbonyl (C=O) groups is 2. The molecule has 4 aromatic rings. The highest BCUT2D eigenvalue weighted by Gasteiger charge is 2.16. The van der Waals surface area contributed by atoms with Crippen molar-refractivity contribution in [3.05, 3.63) is 115 Å². The molecule has 2 N–H and O–H groups in total. The van der Waals surface area contributed by atoms with Crippen LogP contribution in [0, 0.1) is 13.8 Å². The Morgan fingerprint density at radius 2 is 1.02 bits per heavy atom. The Morgan fingerprint density at radius 1 is 0.597 bits per heavy atom. The maximum atomic E-state index is 10.0. The van der Waals surface area contributed by atoms with Crippen LogP contribution in [0.5, 0.6) is 11.5 Å². The van der Waals surface area contributed by atoms with E-state index in [0.29, 0.717) is 26.3 Å². The van der Waals surface area contributed by atoms with Gasteiger partial charge in [0.15, 0.2) is 0 Å². The van der Waals surface area contributed by atoms with Gasteiger partial charge in [0.1, 0.15) is 24.7 Å². The maximum absolute atomic E-state index is 10.0. The van der Waals surface area contributed by atoms with E-state index in [9.17, 15) is 9.59 Å². The van der Waals surface area contributed by atoms with Crippen molar-refractivity contribution in [2.24, 2.45) is 5.73 Å². The van der Waals surface area contributed by atoms with E-state index < -0.39 is 0 Å². The fourth-order valence-electron chi connectivity index (χ4n) is 7.51. The predicted octanol–water partition coefficient (Wildman–Crippen LogP) is 9.29. The fraction of sp³-hybridized carbons (Fsp3) is 0.480. The first-order chi connectivity index (χ1) is 29.9. The third-order valence-corrected chi connectivity index (χ3v) is 12.6. The highest BCUT2D eigenvalue weighted by atomic mass is 79.9. The summed E-state index contributed by atoms with van der Waals surface area (Å²) in [7, 11) is 7.44. The van der Waals surface area contributed by atoms with Gasteiger partial charge in [0.25, 0.3) is 0 Å². The number of piperidine rings is 2. The molecule has 0 aromatic heterocycles. The van der Waals surface area contributed by atoms with Crippen molar-refractivity contribution in [3.8, 4) is 22.6 Å². The number of carbonyl (C=O) groups excluding carboxylic acids is 2. The molecule has 2 aliphatic heterocycles. The van der Waals surface area contributed by atoms with Gasteiger partial charge in [-0.25, -0.2) is 0 Å². The molecule has 0 saturated carbocycles. The van der Waals surface area contributed by atoms with Gasteiger partial charge in [-0.05, 0) is 180 Å². The summed E-state index contributed by atoms with van der Waals surface area (Å²) in [5, 5.41) is 0. The van der Waals surface area contributed by atoms with Crippen LogP contribution in [0.4, 0.5) is 0 Å². The summed E-state index contributed by atoms with van der Waals surface area (Å²) in [6.07, 6.45) is 9.55. The lowest BCUT2D eigenvalue weighted by Crippen LogP contribution is -2.29. The molecule has 2 amide bonds. The number of ether oxygens (including phenoxy) is 2. The topological polar surface area (TPSA) is 94.8 Å². The minimum Gasteiger partial charge on any atom is -0.488 e. The molecule has 0 unspecified atom stereocenters. The molecule has 4 aromatic carbocycles. The predicted molar refractivity (Wildman–Crippen MR) is 262 cm³/mol. The van der Waals surface area contributed by atoms with Gasteiger partial charge in [0.2, 0.25) is 12.8 Å². The molecule has 2 heterocycles. The van der Waals surface area contributed by atoms with Gasteiger partial charge < -0.3 is 29.9 Å². The number of hydrogen-bond acceptors (Lipinski definition) is 8. The molecule has 0 radical (unpaired) electrons. The minimum absolute atomic E-state index is 0.521. The van der Waals surface area contributed by atoms with Crippen LogP contribution in [0.3, 0.4) is 0 Å². The zero-order chi connectivity index (χ0) is 44.9. The molecule has 12 heteroatoms. The van der Waals surface area contributed by atoms with Gasteiger partial charge >= 0.3 is 0 Å². The van der Waals surface area contributed by atoms with Crippen molar-refractivity contribution >= 4 is 44.7 Å². The van der Waals surface area contributed by atoms with E-state index in [1.54, 1.807) is 19.0 Å². The Bertz CT molecular complexity index is 1850. The zero-order valence-electron chi connectivity index (χ0n) is 38.0. The lowest BCUT2D eigenvalue weighted by Gasteiger charge is -2.26. The number of amides is 2. The first-order valence-electron chi connectivity index (χ1n) is 22.0. The number of hydrogen-bond donors (Lipinski definition) is 1. The van der Waals surface area contributed by atoms with Crippen LogP contribution >= 0.6 is 31.9 Å².